The number of aromatic nitrogens is 3. The summed E-state index contributed by atoms with van der Waals surface area (Å²) in [5.74, 6) is 0.815. The molecule has 0 spiro atoms. The number of nitrogens with zero attached hydrogens (tertiary/aromatic N) is 3. The molecule has 0 saturated heterocycles. The van der Waals surface area contributed by atoms with Gasteiger partial charge in [0.2, 0.25) is 0 Å². The van der Waals surface area contributed by atoms with Gasteiger partial charge < -0.3 is 5.11 Å². The smallest absolute Gasteiger partial charge is 0.138 e. The summed E-state index contributed by atoms with van der Waals surface area (Å²) in [4.78, 5) is 5.21. The molecular formula is C15H17N3OS. The topological polar surface area (TPSA) is 50.9 Å². The Morgan fingerprint density at radius 1 is 1.35 bits per heavy atom. The third kappa shape index (κ3) is 2.34. The Bertz CT molecular complexity index is 696. The minimum absolute atomic E-state index is 0.466. The van der Waals surface area contributed by atoms with Gasteiger partial charge in [0.15, 0.2) is 0 Å². The zero-order valence-corrected chi connectivity index (χ0v) is 12.4. The first-order chi connectivity index (χ1) is 9.60. The molecule has 4 nitrogen and oxygen atoms in total. The van der Waals surface area contributed by atoms with Gasteiger partial charge in [0.05, 0.1) is 0 Å². The Labute approximate surface area is 121 Å². The second-order valence-corrected chi connectivity index (χ2v) is 6.17. The molecule has 0 amide bonds. The molecule has 1 atom stereocenters. The first kappa shape index (κ1) is 13.3. The van der Waals surface area contributed by atoms with Crippen molar-refractivity contribution in [3.63, 3.8) is 0 Å². The van der Waals surface area contributed by atoms with Gasteiger partial charge in [-0.2, -0.15) is 5.10 Å². The third-order valence-electron chi connectivity index (χ3n) is 3.45. The Morgan fingerprint density at radius 2 is 2.15 bits per heavy atom. The summed E-state index contributed by atoms with van der Waals surface area (Å²) in [5.41, 5.74) is -0.927. The molecule has 3 aromatic rings. The monoisotopic (exact) mass is 287 g/mol. The molecule has 104 valence electrons. The number of hydrogen-bond acceptors (Lipinski definition) is 4. The van der Waals surface area contributed by atoms with Crippen LogP contribution in [0, 0.1) is 0 Å². The molecule has 3 rings (SSSR count). The molecule has 0 aliphatic carbocycles. The van der Waals surface area contributed by atoms with E-state index in [0.29, 0.717) is 6.42 Å². The van der Waals surface area contributed by atoms with E-state index in [1.807, 2.05) is 30.7 Å². The van der Waals surface area contributed by atoms with Crippen molar-refractivity contribution in [1.29, 1.82) is 0 Å². The van der Waals surface area contributed by atoms with E-state index in [1.54, 1.807) is 17.7 Å². The van der Waals surface area contributed by atoms with Crippen LogP contribution in [-0.4, -0.2) is 19.9 Å². The number of hydrogen-bond donors (Lipinski definition) is 1. The molecule has 1 aromatic carbocycles. The predicted octanol–water partition coefficient (Wildman–Crippen LogP) is 2.96. The highest BCUT2D eigenvalue weighted by atomic mass is 32.1. The maximum absolute atomic E-state index is 10.8. The van der Waals surface area contributed by atoms with Crippen molar-refractivity contribution in [3.05, 3.63) is 47.4 Å². The Kier molecular flexibility index (Phi) is 3.31. The van der Waals surface area contributed by atoms with E-state index in [9.17, 15) is 5.11 Å². The highest BCUT2D eigenvalue weighted by molar-refractivity contribution is 7.19. The van der Waals surface area contributed by atoms with E-state index in [-0.39, 0.29) is 0 Å². The zero-order valence-electron chi connectivity index (χ0n) is 11.6. The highest BCUT2D eigenvalue weighted by Gasteiger charge is 2.28. The van der Waals surface area contributed by atoms with Crippen LogP contribution in [-0.2, 0) is 18.6 Å². The van der Waals surface area contributed by atoms with Crippen molar-refractivity contribution in [1.82, 2.24) is 14.8 Å². The molecule has 0 bridgehead atoms. The number of thiophene rings is 1. The van der Waals surface area contributed by atoms with Gasteiger partial charge in [-0.05, 0) is 31.4 Å². The van der Waals surface area contributed by atoms with Crippen molar-refractivity contribution in [2.45, 2.75) is 32.4 Å². The van der Waals surface area contributed by atoms with Crippen LogP contribution < -0.4 is 0 Å². The fraction of sp³-hybridized carbons (Fsp3) is 0.333. The summed E-state index contributed by atoms with van der Waals surface area (Å²) in [6, 6.07) is 10.2. The van der Waals surface area contributed by atoms with Crippen molar-refractivity contribution in [2.75, 3.05) is 0 Å². The lowest BCUT2D eigenvalue weighted by Gasteiger charge is -2.21. The summed E-state index contributed by atoms with van der Waals surface area (Å²) >= 11 is 1.63. The Hall–Kier alpha value is -1.72. The van der Waals surface area contributed by atoms with Crippen LogP contribution in [0.5, 0.6) is 0 Å². The SMILES string of the molecule is CCn1ncnc1CC(C)(O)c1cc2ccccc2s1. The molecule has 0 saturated carbocycles. The van der Waals surface area contributed by atoms with E-state index < -0.39 is 5.60 Å². The first-order valence-electron chi connectivity index (χ1n) is 6.68. The van der Waals surface area contributed by atoms with Crippen molar-refractivity contribution < 1.29 is 5.11 Å². The van der Waals surface area contributed by atoms with E-state index in [0.717, 1.165) is 17.2 Å². The van der Waals surface area contributed by atoms with Crippen molar-refractivity contribution in [3.8, 4) is 0 Å². The lowest BCUT2D eigenvalue weighted by atomic mass is 9.99. The van der Waals surface area contributed by atoms with Crippen LogP contribution in [0.2, 0.25) is 0 Å². The third-order valence-corrected chi connectivity index (χ3v) is 4.82. The fourth-order valence-electron chi connectivity index (χ4n) is 2.33. The molecule has 1 N–H and O–H groups in total. The highest BCUT2D eigenvalue weighted by Crippen LogP contribution is 2.34. The van der Waals surface area contributed by atoms with Crippen LogP contribution in [0.1, 0.15) is 24.5 Å². The van der Waals surface area contributed by atoms with Gasteiger partial charge in [-0.15, -0.1) is 11.3 Å². The van der Waals surface area contributed by atoms with Crippen LogP contribution in [0.4, 0.5) is 0 Å². The number of aryl methyl sites for hydroxylation is 1. The first-order valence-corrected chi connectivity index (χ1v) is 7.50. The number of benzene rings is 1. The quantitative estimate of drug-likeness (QED) is 0.802. The van der Waals surface area contributed by atoms with Gasteiger partial charge >= 0.3 is 0 Å². The van der Waals surface area contributed by atoms with E-state index >= 15 is 0 Å². The van der Waals surface area contributed by atoms with E-state index in [2.05, 4.69) is 28.3 Å². The van der Waals surface area contributed by atoms with E-state index in [4.69, 9.17) is 0 Å². The van der Waals surface area contributed by atoms with Crippen LogP contribution >= 0.6 is 11.3 Å². The van der Waals surface area contributed by atoms with Crippen LogP contribution in [0.25, 0.3) is 10.1 Å². The fourth-order valence-corrected chi connectivity index (χ4v) is 3.44. The summed E-state index contributed by atoms with van der Waals surface area (Å²) < 4.78 is 3.02. The van der Waals surface area contributed by atoms with Crippen LogP contribution in [0.3, 0.4) is 0 Å². The zero-order chi connectivity index (χ0) is 14.2. The molecule has 5 heteroatoms. The summed E-state index contributed by atoms with van der Waals surface area (Å²) in [6.45, 7) is 4.62. The number of aliphatic hydroxyl groups is 1. The van der Waals surface area contributed by atoms with Gasteiger partial charge in [-0.3, -0.25) is 4.68 Å². The largest absolute Gasteiger partial charge is 0.384 e. The summed E-state index contributed by atoms with van der Waals surface area (Å²) in [5, 5.41) is 16.1. The minimum atomic E-state index is -0.927. The average molecular weight is 287 g/mol. The molecule has 0 radical (unpaired) electrons. The number of fused-ring (bicyclic) bond motifs is 1. The second kappa shape index (κ2) is 5.00. The standard InChI is InChI=1S/C15H17N3OS/c1-3-18-14(16-10-17-18)9-15(2,19)13-8-11-6-4-5-7-12(11)20-13/h4-8,10,19H,3,9H2,1-2H3. The van der Waals surface area contributed by atoms with Gasteiger partial charge in [-0.25, -0.2) is 4.98 Å². The molecular weight excluding hydrogens is 270 g/mol. The predicted molar refractivity (Wildman–Crippen MR) is 80.8 cm³/mol. The number of rotatable bonds is 4. The maximum atomic E-state index is 10.8. The molecule has 20 heavy (non-hydrogen) atoms. The van der Waals surface area contributed by atoms with Gasteiger partial charge in [0.1, 0.15) is 17.8 Å². The molecule has 0 fully saturated rings. The van der Waals surface area contributed by atoms with Gasteiger partial charge in [0.25, 0.3) is 0 Å². The van der Waals surface area contributed by atoms with Crippen molar-refractivity contribution in [2.24, 2.45) is 0 Å². The lowest BCUT2D eigenvalue weighted by Crippen LogP contribution is -2.25. The molecule has 2 heterocycles. The van der Waals surface area contributed by atoms with Crippen molar-refractivity contribution >= 4 is 21.4 Å². The average Bonchev–Trinajstić information content (AvgIpc) is 3.04. The molecule has 1 unspecified atom stereocenters. The summed E-state index contributed by atoms with van der Waals surface area (Å²) in [6.07, 6.45) is 2.01. The second-order valence-electron chi connectivity index (χ2n) is 5.09. The van der Waals surface area contributed by atoms with Gasteiger partial charge in [0, 0.05) is 22.5 Å². The summed E-state index contributed by atoms with van der Waals surface area (Å²) in [7, 11) is 0. The lowest BCUT2D eigenvalue weighted by molar-refractivity contribution is 0.0582. The normalized spacial score (nSPS) is 14.6. The van der Waals surface area contributed by atoms with Crippen LogP contribution in [0.15, 0.2) is 36.7 Å². The maximum Gasteiger partial charge on any atom is 0.138 e. The van der Waals surface area contributed by atoms with Gasteiger partial charge in [-0.1, -0.05) is 18.2 Å². The Morgan fingerprint density at radius 3 is 2.90 bits per heavy atom. The Balaban J connectivity index is 1.94. The molecule has 0 aliphatic rings. The van der Waals surface area contributed by atoms with E-state index in [1.165, 1.54) is 10.1 Å². The minimum Gasteiger partial charge on any atom is -0.384 e. The molecule has 2 aromatic heterocycles. The molecule has 0 aliphatic heterocycles.